The van der Waals surface area contributed by atoms with E-state index in [1.807, 2.05) is 12.1 Å². The number of alkyl halides is 3. The molecule has 1 amide bonds. The molecule has 8 heteroatoms. The molecular weight excluding hydrogens is 349 g/mol. The first-order valence-corrected chi connectivity index (χ1v) is 7.80. The molecule has 0 saturated carbocycles. The summed E-state index contributed by atoms with van der Waals surface area (Å²) < 4.78 is 38.7. The Morgan fingerprint density at radius 1 is 1.17 bits per heavy atom. The molecule has 0 spiro atoms. The van der Waals surface area contributed by atoms with E-state index in [0.29, 0.717) is 5.69 Å². The molecule has 2 N–H and O–H groups in total. The van der Waals surface area contributed by atoms with Crippen molar-refractivity contribution in [2.75, 3.05) is 10.6 Å². The molecule has 1 heterocycles. The van der Waals surface area contributed by atoms with Crippen LogP contribution in [0.5, 0.6) is 0 Å². The third-order valence-corrected chi connectivity index (χ3v) is 4.70. The number of nitrogens with one attached hydrogen (secondary N) is 2. The SMILES string of the molecule is O=C1Nc2ccccc2S[C@@H]1Nc1ccc(Cl)c(C(F)(F)F)c1. The number of benzene rings is 2. The van der Waals surface area contributed by atoms with E-state index < -0.39 is 17.1 Å². The molecule has 0 aromatic heterocycles. The lowest BCUT2D eigenvalue weighted by Crippen LogP contribution is -2.34. The highest BCUT2D eigenvalue weighted by molar-refractivity contribution is 8.01. The smallest absolute Gasteiger partial charge is 0.365 e. The van der Waals surface area contributed by atoms with Crippen LogP contribution in [0.1, 0.15) is 5.56 Å². The predicted octanol–water partition coefficient (Wildman–Crippen LogP) is 4.84. The summed E-state index contributed by atoms with van der Waals surface area (Å²) >= 11 is 6.83. The van der Waals surface area contributed by atoms with E-state index in [9.17, 15) is 18.0 Å². The number of thioether (sulfide) groups is 1. The van der Waals surface area contributed by atoms with Gasteiger partial charge in [-0.05, 0) is 30.3 Å². The molecule has 1 aliphatic rings. The average Bonchev–Trinajstić information content (AvgIpc) is 2.49. The van der Waals surface area contributed by atoms with Gasteiger partial charge >= 0.3 is 6.18 Å². The highest BCUT2D eigenvalue weighted by Gasteiger charge is 2.34. The van der Waals surface area contributed by atoms with E-state index in [0.717, 1.165) is 17.0 Å². The van der Waals surface area contributed by atoms with Crippen molar-refractivity contribution in [3.05, 3.63) is 53.1 Å². The van der Waals surface area contributed by atoms with Crippen LogP contribution in [0.4, 0.5) is 24.5 Å². The van der Waals surface area contributed by atoms with Crippen LogP contribution >= 0.6 is 23.4 Å². The van der Waals surface area contributed by atoms with Gasteiger partial charge in [0.25, 0.3) is 5.91 Å². The lowest BCUT2D eigenvalue weighted by molar-refractivity contribution is -0.137. The minimum atomic E-state index is -4.55. The number of para-hydroxylation sites is 1. The van der Waals surface area contributed by atoms with Gasteiger partial charge < -0.3 is 10.6 Å². The minimum Gasteiger partial charge on any atom is -0.365 e. The van der Waals surface area contributed by atoms with Gasteiger partial charge in [-0.15, -0.1) is 0 Å². The topological polar surface area (TPSA) is 41.1 Å². The number of fused-ring (bicyclic) bond motifs is 1. The van der Waals surface area contributed by atoms with Gasteiger partial charge in [-0.3, -0.25) is 4.79 Å². The van der Waals surface area contributed by atoms with Crippen molar-refractivity contribution in [2.45, 2.75) is 16.4 Å². The number of carbonyl (C=O) groups is 1. The summed E-state index contributed by atoms with van der Waals surface area (Å²) in [5, 5.41) is 4.41. The van der Waals surface area contributed by atoms with E-state index in [4.69, 9.17) is 11.6 Å². The molecular formula is C15H10ClF3N2OS. The second-order valence-corrected chi connectivity index (χ2v) is 6.37. The van der Waals surface area contributed by atoms with Gasteiger partial charge in [-0.25, -0.2) is 0 Å². The third kappa shape index (κ3) is 3.40. The molecule has 3 nitrogen and oxygen atoms in total. The standard InChI is InChI=1S/C15H10ClF3N2OS/c16-10-6-5-8(7-9(10)15(17,18)19)20-14-13(22)21-11-3-1-2-4-12(11)23-14/h1-7,14,20H,(H,21,22)/t14-/m0/s1. The maximum Gasteiger partial charge on any atom is 0.417 e. The van der Waals surface area contributed by atoms with E-state index in [-0.39, 0.29) is 16.6 Å². The van der Waals surface area contributed by atoms with Crippen molar-refractivity contribution in [1.82, 2.24) is 0 Å². The Labute approximate surface area is 139 Å². The normalized spacial score (nSPS) is 17.4. The van der Waals surface area contributed by atoms with Gasteiger partial charge in [0.2, 0.25) is 0 Å². The van der Waals surface area contributed by atoms with Crippen molar-refractivity contribution < 1.29 is 18.0 Å². The van der Waals surface area contributed by atoms with Crippen molar-refractivity contribution in [1.29, 1.82) is 0 Å². The molecule has 2 aromatic rings. The number of amides is 1. The average molecular weight is 359 g/mol. The van der Waals surface area contributed by atoms with Crippen LogP contribution in [0.3, 0.4) is 0 Å². The number of rotatable bonds is 2. The molecule has 0 radical (unpaired) electrons. The van der Waals surface area contributed by atoms with Crippen LogP contribution in [0.15, 0.2) is 47.4 Å². The fourth-order valence-electron chi connectivity index (χ4n) is 2.13. The second-order valence-electron chi connectivity index (χ2n) is 4.82. The Morgan fingerprint density at radius 2 is 1.91 bits per heavy atom. The zero-order chi connectivity index (χ0) is 16.6. The lowest BCUT2D eigenvalue weighted by Gasteiger charge is -2.25. The van der Waals surface area contributed by atoms with Crippen LogP contribution < -0.4 is 10.6 Å². The summed E-state index contributed by atoms with van der Waals surface area (Å²) in [5.41, 5.74) is -0.0767. The fourth-order valence-corrected chi connectivity index (χ4v) is 3.37. The predicted molar refractivity (Wildman–Crippen MR) is 84.8 cm³/mol. The summed E-state index contributed by atoms with van der Waals surface area (Å²) in [6.07, 6.45) is -4.55. The fraction of sp³-hybridized carbons (Fsp3) is 0.133. The Bertz CT molecular complexity index is 767. The van der Waals surface area contributed by atoms with Crippen LogP contribution in [-0.4, -0.2) is 11.3 Å². The van der Waals surface area contributed by atoms with Gasteiger partial charge in [0.1, 0.15) is 0 Å². The third-order valence-electron chi connectivity index (χ3n) is 3.20. The first-order valence-electron chi connectivity index (χ1n) is 6.54. The molecule has 3 rings (SSSR count). The summed E-state index contributed by atoms with van der Waals surface area (Å²) in [7, 11) is 0. The van der Waals surface area contributed by atoms with Gasteiger partial charge in [0, 0.05) is 10.6 Å². The molecule has 120 valence electrons. The molecule has 23 heavy (non-hydrogen) atoms. The van der Waals surface area contributed by atoms with Gasteiger partial charge in [-0.1, -0.05) is 35.5 Å². The van der Waals surface area contributed by atoms with E-state index in [2.05, 4.69) is 10.6 Å². The quantitative estimate of drug-likeness (QED) is 0.807. The number of hydrogen-bond donors (Lipinski definition) is 2. The maximum absolute atomic E-state index is 12.9. The van der Waals surface area contributed by atoms with Crippen LogP contribution in [0.2, 0.25) is 5.02 Å². The summed E-state index contributed by atoms with van der Waals surface area (Å²) in [4.78, 5) is 12.9. The van der Waals surface area contributed by atoms with E-state index in [1.54, 1.807) is 12.1 Å². The Kier molecular flexibility index (Phi) is 4.16. The van der Waals surface area contributed by atoms with Crippen molar-refractivity contribution in [2.24, 2.45) is 0 Å². The molecule has 1 atom stereocenters. The van der Waals surface area contributed by atoms with Gasteiger partial charge in [0.05, 0.1) is 16.3 Å². The van der Waals surface area contributed by atoms with Gasteiger partial charge in [-0.2, -0.15) is 13.2 Å². The number of hydrogen-bond acceptors (Lipinski definition) is 3. The van der Waals surface area contributed by atoms with Crippen molar-refractivity contribution in [3.63, 3.8) is 0 Å². The first-order chi connectivity index (χ1) is 10.8. The van der Waals surface area contributed by atoms with Crippen molar-refractivity contribution >= 4 is 40.6 Å². The molecule has 0 aliphatic carbocycles. The highest BCUT2D eigenvalue weighted by atomic mass is 35.5. The molecule has 0 fully saturated rings. The molecule has 0 saturated heterocycles. The summed E-state index contributed by atoms with van der Waals surface area (Å²) in [6.45, 7) is 0. The molecule has 1 aliphatic heterocycles. The van der Waals surface area contributed by atoms with Gasteiger partial charge in [0.15, 0.2) is 5.37 Å². The zero-order valence-corrected chi connectivity index (χ0v) is 13.0. The van der Waals surface area contributed by atoms with Crippen molar-refractivity contribution in [3.8, 4) is 0 Å². The van der Waals surface area contributed by atoms with Crippen LogP contribution in [-0.2, 0) is 11.0 Å². The zero-order valence-electron chi connectivity index (χ0n) is 11.4. The number of anilines is 2. The largest absolute Gasteiger partial charge is 0.417 e. The number of carbonyl (C=O) groups excluding carboxylic acids is 1. The Morgan fingerprint density at radius 3 is 2.65 bits per heavy atom. The van der Waals surface area contributed by atoms with E-state index in [1.165, 1.54) is 17.8 Å². The molecule has 0 unspecified atom stereocenters. The lowest BCUT2D eigenvalue weighted by atomic mass is 10.2. The molecule has 2 aromatic carbocycles. The Hall–Kier alpha value is -1.86. The minimum absolute atomic E-state index is 0.175. The van der Waals surface area contributed by atoms with Crippen LogP contribution in [0.25, 0.3) is 0 Å². The first kappa shape index (κ1) is 16.0. The highest BCUT2D eigenvalue weighted by Crippen LogP contribution is 2.38. The van der Waals surface area contributed by atoms with Crippen LogP contribution in [0, 0.1) is 0 Å². The number of halogens is 4. The molecule has 0 bridgehead atoms. The Balaban J connectivity index is 1.84. The summed E-state index contributed by atoms with van der Waals surface area (Å²) in [5.74, 6) is -0.322. The van der Waals surface area contributed by atoms with E-state index >= 15 is 0 Å². The second kappa shape index (κ2) is 5.98. The summed E-state index contributed by atoms with van der Waals surface area (Å²) in [6, 6.07) is 10.7. The maximum atomic E-state index is 12.9. The monoisotopic (exact) mass is 358 g/mol.